The van der Waals surface area contributed by atoms with Crippen molar-refractivity contribution >= 4 is 21.8 Å². The fourth-order valence-electron chi connectivity index (χ4n) is 1.61. The molecule has 17 heavy (non-hydrogen) atoms. The minimum absolute atomic E-state index is 0.248. The normalized spacial score (nSPS) is 10.8. The second-order valence-corrected chi connectivity index (χ2v) is 4.72. The lowest BCUT2D eigenvalue weighted by molar-refractivity contribution is -0.118. The fourth-order valence-corrected chi connectivity index (χ4v) is 2.36. The van der Waals surface area contributed by atoms with Crippen molar-refractivity contribution in [2.75, 3.05) is 6.54 Å². The maximum absolute atomic E-state index is 10.6. The van der Waals surface area contributed by atoms with Crippen LogP contribution in [-0.2, 0) is 24.8 Å². The highest BCUT2D eigenvalue weighted by Gasteiger charge is 2.11. The Balaban J connectivity index is 2.41. The number of amides is 1. The number of rotatable bonds is 7. The van der Waals surface area contributed by atoms with Crippen LogP contribution in [0, 0.1) is 0 Å². The van der Waals surface area contributed by atoms with E-state index in [9.17, 15) is 4.79 Å². The molecule has 0 bridgehead atoms. The summed E-state index contributed by atoms with van der Waals surface area (Å²) in [6, 6.07) is 0. The smallest absolute Gasteiger partial charge is 0.217 e. The predicted octanol–water partition coefficient (Wildman–Crippen LogP) is 1.10. The fraction of sp³-hybridized carbons (Fsp3) is 0.636. The number of aryl methyl sites for hydroxylation is 2. The molecular weight excluding hydrogens is 284 g/mol. The average Bonchev–Trinajstić information content (AvgIpc) is 2.54. The number of primary amides is 1. The van der Waals surface area contributed by atoms with E-state index in [2.05, 4.69) is 33.3 Å². The molecule has 0 aliphatic heterocycles. The molecule has 1 aromatic heterocycles. The molecule has 0 aromatic carbocycles. The molecule has 0 atom stereocenters. The van der Waals surface area contributed by atoms with Gasteiger partial charge in [-0.15, -0.1) is 0 Å². The lowest BCUT2D eigenvalue weighted by Crippen LogP contribution is -2.19. The van der Waals surface area contributed by atoms with Crippen LogP contribution >= 0.6 is 15.9 Å². The maximum Gasteiger partial charge on any atom is 0.217 e. The highest BCUT2D eigenvalue weighted by atomic mass is 79.9. The number of aromatic nitrogens is 2. The molecule has 0 saturated heterocycles. The molecular formula is C11H19BrN4O. The third-order valence-electron chi connectivity index (χ3n) is 2.57. The standard InChI is InChI=1S/C11H19BrN4O/c1-3-8-11(12)9(16(2)15-8)7-14-6-4-5-10(13)17/h14H,3-7H2,1-2H3,(H2,13,17). The minimum atomic E-state index is -0.248. The van der Waals surface area contributed by atoms with Gasteiger partial charge in [0, 0.05) is 20.0 Å². The monoisotopic (exact) mass is 302 g/mol. The number of hydrogen-bond acceptors (Lipinski definition) is 3. The zero-order valence-electron chi connectivity index (χ0n) is 10.3. The Hall–Kier alpha value is -0.880. The summed E-state index contributed by atoms with van der Waals surface area (Å²) >= 11 is 3.56. The van der Waals surface area contributed by atoms with Crippen molar-refractivity contribution < 1.29 is 4.79 Å². The summed E-state index contributed by atoms with van der Waals surface area (Å²) in [7, 11) is 1.93. The highest BCUT2D eigenvalue weighted by Crippen LogP contribution is 2.21. The van der Waals surface area contributed by atoms with Crippen molar-refractivity contribution in [3.8, 4) is 0 Å². The van der Waals surface area contributed by atoms with Gasteiger partial charge in [-0.05, 0) is 35.3 Å². The summed E-state index contributed by atoms with van der Waals surface area (Å²) in [6.07, 6.45) is 2.11. The molecule has 5 nitrogen and oxygen atoms in total. The van der Waals surface area contributed by atoms with Gasteiger partial charge in [0.25, 0.3) is 0 Å². The Labute approximate surface area is 110 Å². The molecule has 1 amide bonds. The maximum atomic E-state index is 10.6. The average molecular weight is 303 g/mol. The summed E-state index contributed by atoms with van der Waals surface area (Å²) in [5.74, 6) is -0.248. The van der Waals surface area contributed by atoms with Gasteiger partial charge in [-0.2, -0.15) is 5.10 Å². The number of nitrogens with one attached hydrogen (secondary N) is 1. The van der Waals surface area contributed by atoms with Crippen LogP contribution in [0.4, 0.5) is 0 Å². The third-order valence-corrected chi connectivity index (χ3v) is 3.49. The van der Waals surface area contributed by atoms with Crippen molar-refractivity contribution in [2.45, 2.75) is 32.7 Å². The van der Waals surface area contributed by atoms with E-state index < -0.39 is 0 Å². The van der Waals surface area contributed by atoms with Crippen LogP contribution in [0.2, 0.25) is 0 Å². The first kappa shape index (κ1) is 14.2. The quantitative estimate of drug-likeness (QED) is 0.741. The molecule has 0 aliphatic rings. The Kier molecular flexibility index (Phi) is 5.64. The molecule has 0 radical (unpaired) electrons. The van der Waals surface area contributed by atoms with Gasteiger partial charge in [0.15, 0.2) is 0 Å². The van der Waals surface area contributed by atoms with E-state index in [0.29, 0.717) is 6.42 Å². The van der Waals surface area contributed by atoms with Crippen molar-refractivity contribution in [3.63, 3.8) is 0 Å². The number of nitrogens with zero attached hydrogens (tertiary/aromatic N) is 2. The third kappa shape index (κ3) is 4.12. The van der Waals surface area contributed by atoms with Crippen LogP contribution < -0.4 is 11.1 Å². The van der Waals surface area contributed by atoms with E-state index in [1.54, 1.807) is 0 Å². The molecule has 0 fully saturated rings. The van der Waals surface area contributed by atoms with Crippen molar-refractivity contribution in [1.82, 2.24) is 15.1 Å². The van der Waals surface area contributed by atoms with Crippen LogP contribution in [0.25, 0.3) is 0 Å². The second-order valence-electron chi connectivity index (χ2n) is 3.93. The number of carbonyl (C=O) groups is 1. The van der Waals surface area contributed by atoms with Crippen molar-refractivity contribution in [3.05, 3.63) is 15.9 Å². The molecule has 1 rings (SSSR count). The largest absolute Gasteiger partial charge is 0.370 e. The summed E-state index contributed by atoms with van der Waals surface area (Å²) in [6.45, 7) is 3.60. The van der Waals surface area contributed by atoms with E-state index in [1.807, 2.05) is 11.7 Å². The zero-order chi connectivity index (χ0) is 12.8. The van der Waals surface area contributed by atoms with E-state index in [-0.39, 0.29) is 5.91 Å². The lowest BCUT2D eigenvalue weighted by atomic mass is 10.3. The molecule has 3 N–H and O–H groups in total. The van der Waals surface area contributed by atoms with Gasteiger partial charge in [-0.25, -0.2) is 0 Å². The van der Waals surface area contributed by atoms with Crippen LogP contribution in [0.5, 0.6) is 0 Å². The molecule has 1 heterocycles. The molecule has 0 unspecified atom stereocenters. The first-order chi connectivity index (χ1) is 8.06. The molecule has 1 aromatic rings. The van der Waals surface area contributed by atoms with Gasteiger partial charge in [-0.1, -0.05) is 6.92 Å². The van der Waals surface area contributed by atoms with Gasteiger partial charge in [0.05, 0.1) is 15.9 Å². The summed E-state index contributed by atoms with van der Waals surface area (Å²) in [5, 5.41) is 7.69. The van der Waals surface area contributed by atoms with E-state index in [4.69, 9.17) is 5.73 Å². The summed E-state index contributed by atoms with van der Waals surface area (Å²) < 4.78 is 2.95. The minimum Gasteiger partial charge on any atom is -0.370 e. The van der Waals surface area contributed by atoms with Gasteiger partial charge < -0.3 is 11.1 Å². The van der Waals surface area contributed by atoms with Gasteiger partial charge in [-0.3, -0.25) is 9.48 Å². The Bertz CT molecular complexity index is 389. The van der Waals surface area contributed by atoms with Crippen LogP contribution in [0.3, 0.4) is 0 Å². The van der Waals surface area contributed by atoms with Crippen LogP contribution in [0.1, 0.15) is 31.2 Å². The number of carbonyl (C=O) groups excluding carboxylic acids is 1. The first-order valence-electron chi connectivity index (χ1n) is 5.75. The topological polar surface area (TPSA) is 72.9 Å². The first-order valence-corrected chi connectivity index (χ1v) is 6.54. The summed E-state index contributed by atoms with van der Waals surface area (Å²) in [4.78, 5) is 10.6. The molecule has 0 saturated carbocycles. The van der Waals surface area contributed by atoms with Crippen molar-refractivity contribution in [2.24, 2.45) is 12.8 Å². The molecule has 6 heteroatoms. The Morgan fingerprint density at radius 3 is 2.82 bits per heavy atom. The molecule has 96 valence electrons. The zero-order valence-corrected chi connectivity index (χ0v) is 11.9. The second kappa shape index (κ2) is 6.76. The Morgan fingerprint density at radius 2 is 2.29 bits per heavy atom. The highest BCUT2D eigenvalue weighted by molar-refractivity contribution is 9.10. The van der Waals surface area contributed by atoms with E-state index in [1.165, 1.54) is 0 Å². The predicted molar refractivity (Wildman–Crippen MR) is 70.4 cm³/mol. The number of hydrogen-bond donors (Lipinski definition) is 2. The SMILES string of the molecule is CCc1nn(C)c(CNCCCC(N)=O)c1Br. The van der Waals surface area contributed by atoms with Gasteiger partial charge in [0.1, 0.15) is 0 Å². The van der Waals surface area contributed by atoms with E-state index >= 15 is 0 Å². The van der Waals surface area contributed by atoms with Crippen molar-refractivity contribution in [1.29, 1.82) is 0 Å². The van der Waals surface area contributed by atoms with Gasteiger partial charge >= 0.3 is 0 Å². The van der Waals surface area contributed by atoms with Gasteiger partial charge in [0.2, 0.25) is 5.91 Å². The molecule has 0 spiro atoms. The number of nitrogens with two attached hydrogens (primary N) is 1. The number of halogens is 1. The lowest BCUT2D eigenvalue weighted by Gasteiger charge is -2.05. The van der Waals surface area contributed by atoms with Crippen LogP contribution in [0.15, 0.2) is 4.47 Å². The summed E-state index contributed by atoms with van der Waals surface area (Å²) in [5.41, 5.74) is 7.26. The molecule has 0 aliphatic carbocycles. The van der Waals surface area contributed by atoms with E-state index in [0.717, 1.165) is 41.8 Å². The van der Waals surface area contributed by atoms with Crippen LogP contribution in [-0.4, -0.2) is 22.2 Å². The Morgan fingerprint density at radius 1 is 1.59 bits per heavy atom.